The second-order valence-corrected chi connectivity index (χ2v) is 18.7. The number of hydrogen-bond donors (Lipinski definition) is 0. The Bertz CT molecular complexity index is 3950. The van der Waals surface area contributed by atoms with Gasteiger partial charge in [0.15, 0.2) is 0 Å². The molecule has 0 saturated heterocycles. The van der Waals surface area contributed by atoms with Gasteiger partial charge in [0.05, 0.1) is 11.1 Å². The van der Waals surface area contributed by atoms with E-state index in [2.05, 4.69) is 158 Å². The molecule has 316 valence electrons. The maximum Gasteiger partial charge on any atom is 0.262 e. The molecule has 0 unspecified atom stereocenters. The highest BCUT2D eigenvalue weighted by Gasteiger charge is 2.45. The van der Waals surface area contributed by atoms with E-state index in [9.17, 15) is 9.59 Å². The smallest absolute Gasteiger partial charge is 0.262 e. The zero-order valence-electron chi connectivity index (χ0n) is 37.2. The van der Waals surface area contributed by atoms with Crippen LogP contribution in [-0.4, -0.2) is 23.3 Å². The van der Waals surface area contributed by atoms with E-state index in [1.165, 1.54) is 103 Å². The molecule has 12 aromatic rings. The van der Waals surface area contributed by atoms with Gasteiger partial charge in [-0.15, -0.1) is 0 Å². The van der Waals surface area contributed by atoms with Gasteiger partial charge in [0.2, 0.25) is 0 Å². The summed E-state index contributed by atoms with van der Waals surface area (Å²) in [7, 11) is 0. The predicted molar refractivity (Wildman–Crippen MR) is 281 cm³/mol. The molecule has 1 aliphatic heterocycles. The maximum atomic E-state index is 14.8. The summed E-state index contributed by atoms with van der Waals surface area (Å²) in [5.41, 5.74) is 18.9. The van der Waals surface area contributed by atoms with Gasteiger partial charge in [0.25, 0.3) is 11.8 Å². The molecular formula is C65H39NO2. The molecule has 12 aromatic carbocycles. The lowest BCUT2D eigenvalue weighted by Gasteiger charge is -2.20. The molecule has 3 heteroatoms. The Labute approximate surface area is 392 Å². The van der Waals surface area contributed by atoms with Crippen LogP contribution in [0.1, 0.15) is 34.1 Å². The Morgan fingerprint density at radius 2 is 0.574 bits per heavy atom. The van der Waals surface area contributed by atoms with E-state index in [-0.39, 0.29) is 11.8 Å². The van der Waals surface area contributed by atoms with Gasteiger partial charge in [-0.05, 0) is 138 Å². The van der Waals surface area contributed by atoms with Crippen LogP contribution >= 0.6 is 0 Å². The van der Waals surface area contributed by atoms with Crippen LogP contribution in [0.15, 0.2) is 194 Å². The van der Waals surface area contributed by atoms with E-state index < -0.39 is 0 Å². The zero-order chi connectivity index (χ0) is 44.9. The summed E-state index contributed by atoms with van der Waals surface area (Å²) < 4.78 is 0. The molecule has 3 aliphatic rings. The Kier molecular flexibility index (Phi) is 7.56. The van der Waals surface area contributed by atoms with E-state index in [4.69, 9.17) is 0 Å². The number of amides is 2. The molecule has 0 radical (unpaired) electrons. The van der Waals surface area contributed by atoms with Crippen LogP contribution in [0.2, 0.25) is 0 Å². The second-order valence-electron chi connectivity index (χ2n) is 18.7. The van der Waals surface area contributed by atoms with Crippen LogP contribution in [0.5, 0.6) is 0 Å². The van der Waals surface area contributed by atoms with Gasteiger partial charge >= 0.3 is 0 Å². The minimum absolute atomic E-state index is 0.214. The standard InChI is InChI=1S/C65H39NO2/c1-2-35-66-64(67)62-52(38-21-11-5-12-22-38)60-48-33-29-44-42-27-31-46-56-47(59-51(37-19-9-4-10-20-37)41-26-16-15-25-40(41)50(58(46)59)36-17-7-3-8-18-36)32-28-43(54(42)56)45-30-34-49(57(48)55(44)45)61(60)53(63(62)65(66)68)39-23-13-6-14-24-39/h3-34H,2,35H2,1H3. The third-order valence-electron chi connectivity index (χ3n) is 15.3. The largest absolute Gasteiger partial charge is 0.274 e. The summed E-state index contributed by atoms with van der Waals surface area (Å²) in [4.78, 5) is 31.1. The van der Waals surface area contributed by atoms with Gasteiger partial charge in [0.1, 0.15) is 0 Å². The minimum atomic E-state index is -0.214. The van der Waals surface area contributed by atoms with Crippen molar-refractivity contribution >= 4 is 65.7 Å². The summed E-state index contributed by atoms with van der Waals surface area (Å²) in [5, 5.41) is 12.3. The quantitative estimate of drug-likeness (QED) is 0.0949. The second kappa shape index (κ2) is 13.7. The Balaban J connectivity index is 1.07. The number of rotatable bonds is 6. The average Bonchev–Trinajstić information content (AvgIpc) is 4.00. The van der Waals surface area contributed by atoms with E-state index in [0.29, 0.717) is 24.1 Å². The van der Waals surface area contributed by atoms with Crippen LogP contribution < -0.4 is 0 Å². The minimum Gasteiger partial charge on any atom is -0.274 e. The van der Waals surface area contributed by atoms with Crippen molar-refractivity contribution in [3.8, 4) is 89.0 Å². The molecule has 68 heavy (non-hydrogen) atoms. The van der Waals surface area contributed by atoms with Crippen LogP contribution in [0, 0.1) is 0 Å². The third kappa shape index (κ3) is 4.67. The number of benzene rings is 12. The lowest BCUT2D eigenvalue weighted by atomic mass is 9.81. The van der Waals surface area contributed by atoms with Crippen molar-refractivity contribution < 1.29 is 9.59 Å². The van der Waals surface area contributed by atoms with Crippen LogP contribution in [0.3, 0.4) is 0 Å². The third-order valence-corrected chi connectivity index (χ3v) is 15.3. The summed E-state index contributed by atoms with van der Waals surface area (Å²) in [6.45, 7) is 2.39. The number of hydrogen-bond acceptors (Lipinski definition) is 2. The lowest BCUT2D eigenvalue weighted by molar-refractivity contribution is 0.0655. The van der Waals surface area contributed by atoms with Gasteiger partial charge in [-0.2, -0.15) is 0 Å². The van der Waals surface area contributed by atoms with Crippen molar-refractivity contribution in [2.45, 2.75) is 13.3 Å². The molecule has 0 spiro atoms. The molecule has 0 N–H and O–H groups in total. The summed E-state index contributed by atoms with van der Waals surface area (Å²) >= 11 is 0. The molecule has 1 heterocycles. The van der Waals surface area contributed by atoms with Gasteiger partial charge in [0, 0.05) is 17.7 Å². The number of carbonyl (C=O) groups excluding carboxylic acids is 2. The average molecular weight is 866 g/mol. The molecule has 0 bridgehead atoms. The van der Waals surface area contributed by atoms with Gasteiger partial charge in [-0.3, -0.25) is 14.5 Å². The molecule has 15 rings (SSSR count). The number of imide groups is 1. The molecule has 2 amide bonds. The first kappa shape index (κ1) is 37.5. The van der Waals surface area contributed by atoms with Crippen molar-refractivity contribution in [1.82, 2.24) is 4.90 Å². The molecular weight excluding hydrogens is 827 g/mol. The fraction of sp³-hybridized carbons (Fsp3) is 0.0462. The summed E-state index contributed by atoms with van der Waals surface area (Å²) in [6.07, 6.45) is 0.683. The molecule has 0 saturated carbocycles. The highest BCUT2D eigenvalue weighted by molar-refractivity contribution is 6.43. The first-order chi connectivity index (χ1) is 33.6. The molecule has 0 atom stereocenters. The highest BCUT2D eigenvalue weighted by atomic mass is 16.2. The number of fused-ring (bicyclic) bond motifs is 10. The van der Waals surface area contributed by atoms with Gasteiger partial charge in [-0.25, -0.2) is 0 Å². The van der Waals surface area contributed by atoms with Crippen LogP contribution in [-0.2, 0) is 0 Å². The first-order valence-electron chi connectivity index (χ1n) is 23.7. The van der Waals surface area contributed by atoms with Crippen molar-refractivity contribution in [3.63, 3.8) is 0 Å². The van der Waals surface area contributed by atoms with Crippen molar-refractivity contribution in [3.05, 3.63) is 205 Å². The molecule has 3 nitrogen and oxygen atoms in total. The van der Waals surface area contributed by atoms with Crippen molar-refractivity contribution in [1.29, 1.82) is 0 Å². The molecule has 2 aliphatic carbocycles. The molecule has 0 fully saturated rings. The Hall–Kier alpha value is -8.66. The lowest BCUT2D eigenvalue weighted by Crippen LogP contribution is -2.30. The Morgan fingerprint density at radius 3 is 0.897 bits per heavy atom. The van der Waals surface area contributed by atoms with E-state index >= 15 is 0 Å². The van der Waals surface area contributed by atoms with Crippen LogP contribution in [0.25, 0.3) is 143 Å². The van der Waals surface area contributed by atoms with Crippen molar-refractivity contribution in [2.75, 3.05) is 6.54 Å². The fourth-order valence-corrected chi connectivity index (χ4v) is 12.8. The van der Waals surface area contributed by atoms with Gasteiger partial charge in [-0.1, -0.05) is 201 Å². The molecule has 0 aromatic heterocycles. The van der Waals surface area contributed by atoms with E-state index in [1.807, 2.05) is 43.3 Å². The summed E-state index contributed by atoms with van der Waals surface area (Å²) in [5.74, 6) is -0.428. The Morgan fingerprint density at radius 1 is 0.279 bits per heavy atom. The number of carbonyl (C=O) groups is 2. The van der Waals surface area contributed by atoms with E-state index in [0.717, 1.165) is 44.5 Å². The zero-order valence-corrected chi connectivity index (χ0v) is 37.2. The van der Waals surface area contributed by atoms with Crippen molar-refractivity contribution in [2.24, 2.45) is 0 Å². The fourth-order valence-electron chi connectivity index (χ4n) is 12.8. The maximum absolute atomic E-state index is 14.8. The monoisotopic (exact) mass is 865 g/mol. The van der Waals surface area contributed by atoms with E-state index in [1.54, 1.807) is 0 Å². The highest BCUT2D eigenvalue weighted by Crippen LogP contribution is 2.63. The first-order valence-corrected chi connectivity index (χ1v) is 23.7. The summed E-state index contributed by atoms with van der Waals surface area (Å²) in [6, 6.07) is 70.1. The van der Waals surface area contributed by atoms with Gasteiger partial charge < -0.3 is 0 Å². The SMILES string of the molecule is CCCN1C(=O)c2c(c(-c3ccccc3)c3c(c2-c2ccccc2)-c2ccc4c5ccc6c7c(ccc(c8ccc-3c2c48)c75)-c2c-6c(-c3ccccc3)c3ccccc3c2-c2ccccc2)C1=O. The van der Waals surface area contributed by atoms with Crippen LogP contribution in [0.4, 0.5) is 0 Å². The topological polar surface area (TPSA) is 37.4 Å². The predicted octanol–water partition coefficient (Wildman–Crippen LogP) is 16.9. The number of nitrogens with zero attached hydrogens (tertiary/aromatic N) is 1. The normalized spacial score (nSPS) is 13.2.